The van der Waals surface area contributed by atoms with Gasteiger partial charge < -0.3 is 9.52 Å². The number of furan rings is 1. The van der Waals surface area contributed by atoms with Crippen molar-refractivity contribution < 1.29 is 37.2 Å². The van der Waals surface area contributed by atoms with E-state index in [-0.39, 0.29) is 48.9 Å². The fourth-order valence-electron chi connectivity index (χ4n) is 6.20. The molecule has 0 saturated carbocycles. The minimum Gasteiger partial charge on any atom is -0.512 e. The Bertz CT molecular complexity index is 1990. The van der Waals surface area contributed by atoms with Crippen LogP contribution in [-0.4, -0.2) is 15.9 Å². The first-order valence-electron chi connectivity index (χ1n) is 18.9. The topological polar surface area (TPSA) is 63.3 Å². The third kappa shape index (κ3) is 10.5. The molecule has 0 aliphatic carbocycles. The van der Waals surface area contributed by atoms with E-state index in [4.69, 9.17) is 7.16 Å². The number of hydrogen-bond donors (Lipinski definition) is 1. The summed E-state index contributed by atoms with van der Waals surface area (Å²) in [5, 5.41) is 12.9. The first-order valence-corrected chi connectivity index (χ1v) is 17.9. The number of allylic oxidation sites excluding steroid dienone is 2. The molecule has 4 nitrogen and oxygen atoms in total. The van der Waals surface area contributed by atoms with E-state index in [9.17, 15) is 9.90 Å². The molecule has 2 heterocycles. The maximum Gasteiger partial charge on any atom is 0.162 e. The Hall–Kier alpha value is -3.53. The van der Waals surface area contributed by atoms with E-state index in [2.05, 4.69) is 56.1 Å². The molecule has 5 heteroatoms. The molecule has 269 valence electrons. The number of aromatic nitrogens is 1. The fraction of sp³-hybridized carbons (Fsp3) is 0.422. The van der Waals surface area contributed by atoms with Gasteiger partial charge in [0, 0.05) is 63.6 Å². The summed E-state index contributed by atoms with van der Waals surface area (Å²) in [7, 11) is 0. The first kappa shape index (κ1) is 37.7. The average Bonchev–Trinajstić information content (AvgIpc) is 3.52. The maximum atomic E-state index is 11.7. The second-order valence-corrected chi connectivity index (χ2v) is 15.1. The molecule has 5 aromatic rings. The number of ketones is 1. The number of rotatable bonds is 10. The first-order chi connectivity index (χ1) is 23.9. The molecule has 2 aromatic heterocycles. The van der Waals surface area contributed by atoms with Gasteiger partial charge in [-0.3, -0.25) is 9.78 Å². The normalized spacial score (nSPS) is 13.2. The van der Waals surface area contributed by atoms with Crippen molar-refractivity contribution >= 4 is 27.5 Å². The molecule has 0 amide bonds. The zero-order chi connectivity index (χ0) is 37.7. The molecule has 0 fully saturated rings. The summed E-state index contributed by atoms with van der Waals surface area (Å²) in [6.45, 7) is 20.5. The van der Waals surface area contributed by atoms with Crippen LogP contribution >= 0.6 is 0 Å². The molecule has 0 saturated heterocycles. The summed E-state index contributed by atoms with van der Waals surface area (Å²) >= 11 is 0. The van der Waals surface area contributed by atoms with E-state index in [1.54, 1.807) is 6.20 Å². The van der Waals surface area contributed by atoms with Gasteiger partial charge in [-0.1, -0.05) is 111 Å². The predicted octanol–water partition coefficient (Wildman–Crippen LogP) is 12.9. The number of pyridine rings is 1. The van der Waals surface area contributed by atoms with Gasteiger partial charge in [0.2, 0.25) is 0 Å². The van der Waals surface area contributed by atoms with Gasteiger partial charge in [-0.25, -0.2) is 0 Å². The van der Waals surface area contributed by atoms with Crippen LogP contribution in [0.25, 0.3) is 44.3 Å². The van der Waals surface area contributed by atoms with E-state index in [1.807, 2.05) is 90.9 Å². The second-order valence-electron chi connectivity index (χ2n) is 15.1. The molecule has 0 unspecified atom stereocenters. The zero-order valence-electron chi connectivity index (χ0n) is 33.5. The quantitative estimate of drug-likeness (QED) is 0.0864. The van der Waals surface area contributed by atoms with Crippen molar-refractivity contribution in [3.63, 3.8) is 0 Å². The van der Waals surface area contributed by atoms with Crippen molar-refractivity contribution in [3.05, 3.63) is 102 Å². The number of aliphatic hydroxyl groups is 1. The summed E-state index contributed by atoms with van der Waals surface area (Å²) in [6, 6.07) is 25.7. The van der Waals surface area contributed by atoms with Crippen LogP contribution in [0.3, 0.4) is 0 Å². The molecular formula is C45H56IrNO3-. The Morgan fingerprint density at radius 2 is 1.56 bits per heavy atom. The van der Waals surface area contributed by atoms with Crippen molar-refractivity contribution in [3.8, 4) is 22.6 Å². The molecule has 0 spiro atoms. The molecule has 1 N–H and O–H groups in total. The van der Waals surface area contributed by atoms with Gasteiger partial charge in [0.15, 0.2) is 5.78 Å². The Kier molecular flexibility index (Phi) is 13.3. The standard InChI is InChI=1S/C32H32NO.C13H24O2.Ir/c1-31(2,3)20-21-11-12-29-25(15-21)19-30(34-29)23-13-14-33-28(18-23)24-16-22-9-7-8-10-26(22)27(17-24)32(4,5)6;1-5-10(6-2)12(14)9-13(15)11(7-3)8-4;/h7-15,17-19H,20H2,1-6H3;9-11,14H,5-8H2,1-4H3;/q-1;;/b;12-9-;/i20D2;;. The third-order valence-electron chi connectivity index (χ3n) is 9.02. The van der Waals surface area contributed by atoms with Crippen molar-refractivity contribution in [2.45, 2.75) is 107 Å². The van der Waals surface area contributed by atoms with Gasteiger partial charge in [-0.15, -0.1) is 29.1 Å². The van der Waals surface area contributed by atoms with Crippen molar-refractivity contribution in [2.24, 2.45) is 17.3 Å². The number of fused-ring (bicyclic) bond motifs is 2. The third-order valence-corrected chi connectivity index (χ3v) is 9.02. The number of benzene rings is 3. The average molecular weight is 853 g/mol. The van der Waals surface area contributed by atoms with Crippen LogP contribution in [0, 0.1) is 23.3 Å². The number of aliphatic hydroxyl groups excluding tert-OH is 1. The van der Waals surface area contributed by atoms with Crippen LogP contribution in [-0.2, 0) is 36.7 Å². The Labute approximate surface area is 317 Å². The van der Waals surface area contributed by atoms with Crippen LogP contribution in [0.4, 0.5) is 0 Å². The van der Waals surface area contributed by atoms with E-state index in [0.717, 1.165) is 64.6 Å². The van der Waals surface area contributed by atoms with Crippen LogP contribution < -0.4 is 0 Å². The summed E-state index contributed by atoms with van der Waals surface area (Å²) in [4.78, 5) is 16.4. The van der Waals surface area contributed by atoms with Crippen LogP contribution in [0.1, 0.15) is 109 Å². The van der Waals surface area contributed by atoms with E-state index < -0.39 is 11.8 Å². The molecule has 3 aromatic carbocycles. The van der Waals surface area contributed by atoms with Gasteiger partial charge in [0.25, 0.3) is 0 Å². The minimum atomic E-state index is -1.46. The molecule has 1 radical (unpaired) electrons. The van der Waals surface area contributed by atoms with Crippen molar-refractivity contribution in [2.75, 3.05) is 0 Å². The zero-order valence-corrected chi connectivity index (χ0v) is 33.9. The molecule has 50 heavy (non-hydrogen) atoms. The smallest absolute Gasteiger partial charge is 0.162 e. The summed E-state index contributed by atoms with van der Waals surface area (Å²) in [6.07, 6.45) is 5.25. The second kappa shape index (κ2) is 17.6. The predicted molar refractivity (Wildman–Crippen MR) is 207 cm³/mol. The Balaban J connectivity index is 0.000000389. The molecule has 5 rings (SSSR count). The van der Waals surface area contributed by atoms with E-state index in [1.165, 1.54) is 17.0 Å². The van der Waals surface area contributed by atoms with E-state index >= 15 is 0 Å². The van der Waals surface area contributed by atoms with Crippen LogP contribution in [0.5, 0.6) is 0 Å². The Morgan fingerprint density at radius 1 is 0.900 bits per heavy atom. The van der Waals surface area contributed by atoms with Crippen molar-refractivity contribution in [1.29, 1.82) is 0 Å². The minimum absolute atomic E-state index is 0. The Morgan fingerprint density at radius 3 is 2.18 bits per heavy atom. The summed E-state index contributed by atoms with van der Waals surface area (Å²) in [5.41, 5.74) is 4.85. The van der Waals surface area contributed by atoms with Gasteiger partial charge in [-0.05, 0) is 72.7 Å². The summed E-state index contributed by atoms with van der Waals surface area (Å²) in [5.74, 6) is 1.28. The van der Waals surface area contributed by atoms with E-state index in [0.29, 0.717) is 5.56 Å². The number of hydrogen-bond acceptors (Lipinski definition) is 4. The summed E-state index contributed by atoms with van der Waals surface area (Å²) < 4.78 is 23.4. The molecular weight excluding hydrogens is 795 g/mol. The number of carbonyl (C=O) groups is 1. The number of nitrogens with zero attached hydrogens (tertiary/aromatic N) is 1. The monoisotopic (exact) mass is 853 g/mol. The fourth-order valence-corrected chi connectivity index (χ4v) is 6.20. The van der Waals surface area contributed by atoms with Crippen LogP contribution in [0.15, 0.2) is 89.2 Å². The molecule has 0 aliphatic heterocycles. The van der Waals surface area contributed by atoms with Crippen molar-refractivity contribution in [1.82, 2.24) is 4.98 Å². The van der Waals surface area contributed by atoms with Crippen LogP contribution in [0.2, 0.25) is 0 Å². The SMILES string of the molecule is CCC(CC)C(=O)/C=C(\O)C(CC)CC.[2H]C([2H])(c1ccc2oc(-c3ccnc(-c4[c-]c5ccccc5c(C(C)(C)C)c4)c3)cc2c1)C(C)(C)C.[Ir]. The largest absolute Gasteiger partial charge is 0.512 e. The molecule has 0 bridgehead atoms. The molecule has 0 aliphatic rings. The molecule has 0 atom stereocenters. The van der Waals surface area contributed by atoms with Gasteiger partial charge in [0.05, 0.1) is 5.76 Å². The van der Waals surface area contributed by atoms with Gasteiger partial charge in [0.1, 0.15) is 11.3 Å². The van der Waals surface area contributed by atoms with Gasteiger partial charge >= 0.3 is 0 Å². The number of carbonyl (C=O) groups excluding carboxylic acids is 1. The maximum absolute atomic E-state index is 11.7. The van der Waals surface area contributed by atoms with Gasteiger partial charge in [-0.2, -0.15) is 0 Å².